The van der Waals surface area contributed by atoms with Crippen molar-refractivity contribution in [1.82, 2.24) is 4.98 Å². The van der Waals surface area contributed by atoms with E-state index in [9.17, 15) is 22.8 Å². The maximum atomic E-state index is 13.7. The first-order valence-corrected chi connectivity index (χ1v) is 12.4. The van der Waals surface area contributed by atoms with Crippen molar-refractivity contribution in [3.8, 4) is 0 Å². The molecule has 198 valence electrons. The van der Waals surface area contributed by atoms with Crippen molar-refractivity contribution in [2.75, 3.05) is 4.90 Å². The van der Waals surface area contributed by atoms with Crippen LogP contribution in [0.2, 0.25) is 0 Å². The van der Waals surface area contributed by atoms with Crippen molar-refractivity contribution in [1.29, 1.82) is 0 Å². The molecule has 8 heteroatoms. The highest BCUT2D eigenvalue weighted by atomic mass is 19.3. The van der Waals surface area contributed by atoms with Crippen LogP contribution in [-0.4, -0.2) is 11.0 Å². The van der Waals surface area contributed by atoms with E-state index in [0.717, 1.165) is 34.6 Å². The molecule has 0 bridgehead atoms. The van der Waals surface area contributed by atoms with Gasteiger partial charge in [-0.25, -0.2) is 22.5 Å². The SMILES string of the molecule is CC(C)N(Cc1ccccc1)c1ccc(C(Cc2cc[n+]([O-])cc2)c2ccc(C(F)F)c(C(F)F)c2)cn1. The Morgan fingerprint density at radius 3 is 2.03 bits per heavy atom. The summed E-state index contributed by atoms with van der Waals surface area (Å²) in [4.78, 5) is 6.86. The van der Waals surface area contributed by atoms with Crippen molar-refractivity contribution in [3.05, 3.63) is 130 Å². The topological polar surface area (TPSA) is 43.1 Å². The normalized spacial score (nSPS) is 12.3. The minimum absolute atomic E-state index is 0.169. The standard InChI is InChI=1S/C30H29F4N3O/c1-20(2)37(19-22-6-4-3-5-7-22)28-11-9-24(18-35-28)26(16-21-12-14-36(38)15-13-21)23-8-10-25(29(31)32)27(17-23)30(33)34/h3-15,17-18,20,26,29-30H,16,19H2,1-2H3. The lowest BCUT2D eigenvalue weighted by molar-refractivity contribution is -0.605. The maximum Gasteiger partial charge on any atom is 0.264 e. The van der Waals surface area contributed by atoms with Gasteiger partial charge in [-0.05, 0) is 54.7 Å². The van der Waals surface area contributed by atoms with Crippen LogP contribution in [0.15, 0.2) is 91.4 Å². The monoisotopic (exact) mass is 523 g/mol. The van der Waals surface area contributed by atoms with Crippen LogP contribution in [0.25, 0.3) is 0 Å². The molecule has 2 aromatic heterocycles. The minimum atomic E-state index is -3.03. The number of rotatable bonds is 10. The van der Waals surface area contributed by atoms with Crippen LogP contribution in [0.4, 0.5) is 23.4 Å². The summed E-state index contributed by atoms with van der Waals surface area (Å²) in [6.07, 6.45) is -1.23. The highest BCUT2D eigenvalue weighted by molar-refractivity contribution is 5.45. The number of halogens is 4. The largest absolute Gasteiger partial charge is 0.619 e. The van der Waals surface area contributed by atoms with E-state index in [1.807, 2.05) is 30.3 Å². The van der Waals surface area contributed by atoms with Gasteiger partial charge in [-0.3, -0.25) is 0 Å². The molecular formula is C30H29F4N3O. The minimum Gasteiger partial charge on any atom is -0.619 e. The van der Waals surface area contributed by atoms with Gasteiger partial charge in [0.05, 0.1) is 0 Å². The first kappa shape index (κ1) is 27.1. The van der Waals surface area contributed by atoms with Gasteiger partial charge in [-0.2, -0.15) is 4.73 Å². The number of anilines is 1. The van der Waals surface area contributed by atoms with Gasteiger partial charge in [0.2, 0.25) is 0 Å². The van der Waals surface area contributed by atoms with Gasteiger partial charge in [0.15, 0.2) is 12.4 Å². The Morgan fingerprint density at radius 1 is 0.789 bits per heavy atom. The molecular weight excluding hydrogens is 494 g/mol. The lowest BCUT2D eigenvalue weighted by Gasteiger charge is -2.28. The van der Waals surface area contributed by atoms with E-state index in [2.05, 4.69) is 30.9 Å². The number of alkyl halides is 4. The highest BCUT2D eigenvalue weighted by Crippen LogP contribution is 2.36. The molecule has 0 aliphatic heterocycles. The molecule has 0 aliphatic rings. The molecule has 0 N–H and O–H groups in total. The first-order chi connectivity index (χ1) is 18.2. The van der Waals surface area contributed by atoms with Gasteiger partial charge in [-0.15, -0.1) is 0 Å². The maximum absolute atomic E-state index is 13.7. The molecule has 4 aromatic rings. The van der Waals surface area contributed by atoms with Crippen molar-refractivity contribution < 1.29 is 22.3 Å². The summed E-state index contributed by atoms with van der Waals surface area (Å²) < 4.78 is 54.9. The average molecular weight is 524 g/mol. The fraction of sp³-hybridized carbons (Fsp3) is 0.267. The quantitative estimate of drug-likeness (QED) is 0.124. The van der Waals surface area contributed by atoms with Gasteiger partial charge in [0, 0.05) is 48.0 Å². The van der Waals surface area contributed by atoms with Gasteiger partial charge in [0.25, 0.3) is 12.9 Å². The fourth-order valence-electron chi connectivity index (χ4n) is 4.52. The van der Waals surface area contributed by atoms with Gasteiger partial charge >= 0.3 is 0 Å². The fourth-order valence-corrected chi connectivity index (χ4v) is 4.52. The Morgan fingerprint density at radius 2 is 1.45 bits per heavy atom. The van der Waals surface area contributed by atoms with Crippen molar-refractivity contribution in [3.63, 3.8) is 0 Å². The molecule has 0 saturated carbocycles. The van der Waals surface area contributed by atoms with E-state index in [0.29, 0.717) is 23.3 Å². The predicted octanol–water partition coefficient (Wildman–Crippen LogP) is 7.38. The van der Waals surface area contributed by atoms with E-state index < -0.39 is 29.9 Å². The van der Waals surface area contributed by atoms with Gasteiger partial charge < -0.3 is 10.1 Å². The number of hydrogen-bond acceptors (Lipinski definition) is 3. The van der Waals surface area contributed by atoms with Crippen LogP contribution < -0.4 is 9.63 Å². The Kier molecular flexibility index (Phi) is 8.61. The van der Waals surface area contributed by atoms with Crippen LogP contribution in [0.5, 0.6) is 0 Å². The zero-order chi connectivity index (χ0) is 27.2. The summed E-state index contributed by atoms with van der Waals surface area (Å²) in [6, 6.07) is 21.0. The molecule has 1 unspecified atom stereocenters. The van der Waals surface area contributed by atoms with Crippen molar-refractivity contribution in [2.24, 2.45) is 0 Å². The molecule has 0 amide bonds. The molecule has 0 aliphatic carbocycles. The Labute approximate surface area is 219 Å². The Balaban J connectivity index is 1.71. The van der Waals surface area contributed by atoms with Crippen molar-refractivity contribution in [2.45, 2.75) is 51.6 Å². The third-order valence-electron chi connectivity index (χ3n) is 6.58. The number of aromatic nitrogens is 2. The van der Waals surface area contributed by atoms with E-state index in [1.165, 1.54) is 18.5 Å². The van der Waals surface area contributed by atoms with Crippen LogP contribution in [0.3, 0.4) is 0 Å². The van der Waals surface area contributed by atoms with E-state index in [-0.39, 0.29) is 6.04 Å². The Hall–Kier alpha value is -3.94. The number of nitrogens with zero attached hydrogens (tertiary/aromatic N) is 3. The molecule has 2 aromatic carbocycles. The molecule has 4 rings (SSSR count). The Bertz CT molecular complexity index is 1310. The molecule has 38 heavy (non-hydrogen) atoms. The summed E-state index contributed by atoms with van der Waals surface area (Å²) in [6.45, 7) is 4.82. The molecule has 2 heterocycles. The van der Waals surface area contributed by atoms with Crippen LogP contribution in [0, 0.1) is 5.21 Å². The second-order valence-corrected chi connectivity index (χ2v) is 9.47. The second kappa shape index (κ2) is 12.1. The lowest BCUT2D eigenvalue weighted by atomic mass is 9.85. The van der Waals surface area contributed by atoms with Gasteiger partial charge in [0.1, 0.15) is 5.82 Å². The lowest BCUT2D eigenvalue weighted by Crippen LogP contribution is -2.30. The zero-order valence-corrected chi connectivity index (χ0v) is 21.1. The number of pyridine rings is 2. The number of benzene rings is 2. The number of hydrogen-bond donors (Lipinski definition) is 0. The summed E-state index contributed by atoms with van der Waals surface area (Å²) in [5, 5.41) is 11.5. The van der Waals surface area contributed by atoms with Crippen LogP contribution in [0.1, 0.15) is 66.0 Å². The molecule has 0 spiro atoms. The van der Waals surface area contributed by atoms with Crippen LogP contribution >= 0.6 is 0 Å². The van der Waals surface area contributed by atoms with Crippen LogP contribution in [-0.2, 0) is 13.0 Å². The van der Waals surface area contributed by atoms with E-state index in [1.54, 1.807) is 18.3 Å². The van der Waals surface area contributed by atoms with E-state index in [4.69, 9.17) is 4.98 Å². The molecule has 0 saturated heterocycles. The highest BCUT2D eigenvalue weighted by Gasteiger charge is 2.24. The average Bonchev–Trinajstić information content (AvgIpc) is 2.91. The predicted molar refractivity (Wildman–Crippen MR) is 139 cm³/mol. The molecule has 1 atom stereocenters. The molecule has 0 fully saturated rings. The third-order valence-corrected chi connectivity index (χ3v) is 6.58. The molecule has 0 radical (unpaired) electrons. The molecule has 4 nitrogen and oxygen atoms in total. The summed E-state index contributed by atoms with van der Waals surface area (Å²) in [5.74, 6) is 0.324. The second-order valence-electron chi connectivity index (χ2n) is 9.47. The summed E-state index contributed by atoms with van der Waals surface area (Å²) >= 11 is 0. The third kappa shape index (κ3) is 6.49. The first-order valence-electron chi connectivity index (χ1n) is 12.4. The summed E-state index contributed by atoms with van der Waals surface area (Å²) in [7, 11) is 0. The zero-order valence-electron chi connectivity index (χ0n) is 21.1. The smallest absolute Gasteiger partial charge is 0.264 e. The van der Waals surface area contributed by atoms with Crippen molar-refractivity contribution >= 4 is 5.82 Å². The van der Waals surface area contributed by atoms with E-state index >= 15 is 0 Å². The summed E-state index contributed by atoms with van der Waals surface area (Å²) in [5.41, 5.74) is 1.82. The van der Waals surface area contributed by atoms with Gasteiger partial charge in [-0.1, -0.05) is 48.5 Å².